The van der Waals surface area contributed by atoms with Crippen molar-refractivity contribution in [2.45, 2.75) is 19.0 Å². The van der Waals surface area contributed by atoms with Crippen molar-refractivity contribution in [1.82, 2.24) is 9.97 Å². The molecule has 0 saturated carbocycles. The van der Waals surface area contributed by atoms with Gasteiger partial charge in [-0.3, -0.25) is 19.4 Å². The fraction of sp³-hybridized carbons (Fsp3) is 0.0909. The van der Waals surface area contributed by atoms with Gasteiger partial charge in [0.1, 0.15) is 17.6 Å². The Morgan fingerprint density at radius 2 is 0.897 bits per heavy atom. The van der Waals surface area contributed by atoms with Gasteiger partial charge in [-0.05, 0) is 41.0 Å². The highest BCUT2D eigenvalue weighted by Gasteiger charge is 2.37. The van der Waals surface area contributed by atoms with Crippen molar-refractivity contribution in [3.63, 3.8) is 0 Å². The lowest BCUT2D eigenvalue weighted by Crippen LogP contribution is -2.44. The Kier molecular flexibility index (Phi) is 8.14. The Bertz CT molecular complexity index is 1390. The Hall–Kier alpha value is -5.10. The summed E-state index contributed by atoms with van der Waals surface area (Å²) in [6, 6.07) is 39.4. The van der Waals surface area contributed by atoms with E-state index in [4.69, 9.17) is 0 Å². The Labute approximate surface area is 228 Å². The second-order valence-corrected chi connectivity index (χ2v) is 9.04. The number of pyridine rings is 2. The molecule has 192 valence electrons. The molecule has 0 saturated heterocycles. The number of amides is 2. The summed E-state index contributed by atoms with van der Waals surface area (Å²) in [5, 5.41) is 0. The molecule has 0 bridgehead atoms. The highest BCUT2D eigenvalue weighted by atomic mass is 16.2. The summed E-state index contributed by atoms with van der Waals surface area (Å²) in [5.74, 6) is -0.867. The van der Waals surface area contributed by atoms with E-state index in [-0.39, 0.29) is 24.9 Å². The summed E-state index contributed by atoms with van der Waals surface area (Å²) in [6.07, 6.45) is 3.30. The van der Waals surface area contributed by atoms with Crippen LogP contribution in [0, 0.1) is 0 Å². The highest BCUT2D eigenvalue weighted by Crippen LogP contribution is 2.28. The van der Waals surface area contributed by atoms with Crippen LogP contribution in [0.4, 0.5) is 11.6 Å². The first-order chi connectivity index (χ1) is 19.2. The summed E-state index contributed by atoms with van der Waals surface area (Å²) in [7, 11) is 0. The molecule has 0 aliphatic rings. The van der Waals surface area contributed by atoms with Crippen molar-refractivity contribution < 1.29 is 9.59 Å². The summed E-state index contributed by atoms with van der Waals surface area (Å²) in [4.78, 5) is 41.1. The van der Waals surface area contributed by atoms with E-state index in [1.54, 1.807) is 46.5 Å². The van der Waals surface area contributed by atoms with Gasteiger partial charge in [0, 0.05) is 12.4 Å². The quantitative estimate of drug-likeness (QED) is 0.226. The van der Waals surface area contributed by atoms with Crippen LogP contribution in [0.1, 0.15) is 22.6 Å². The summed E-state index contributed by atoms with van der Waals surface area (Å²) in [5.41, 5.74) is 2.47. The Balaban J connectivity index is 1.59. The third kappa shape index (κ3) is 6.25. The molecule has 2 aromatic heterocycles. The SMILES string of the molecule is O=C(C(C(=O)N(Cc1ccccc1)c1ccccn1)c1ccccc1)N(Cc1ccccc1)c1ccccn1. The maximum Gasteiger partial charge on any atom is 0.245 e. The minimum absolute atomic E-state index is 0.273. The number of nitrogens with zero attached hydrogens (tertiary/aromatic N) is 4. The van der Waals surface area contributed by atoms with E-state index in [1.165, 1.54) is 0 Å². The zero-order valence-electron chi connectivity index (χ0n) is 21.4. The fourth-order valence-electron chi connectivity index (χ4n) is 4.45. The van der Waals surface area contributed by atoms with Crippen molar-refractivity contribution in [1.29, 1.82) is 0 Å². The van der Waals surface area contributed by atoms with Crippen molar-refractivity contribution in [3.05, 3.63) is 156 Å². The third-order valence-electron chi connectivity index (χ3n) is 6.38. The highest BCUT2D eigenvalue weighted by molar-refractivity contribution is 6.16. The zero-order valence-corrected chi connectivity index (χ0v) is 21.4. The van der Waals surface area contributed by atoms with Gasteiger partial charge in [0.05, 0.1) is 13.1 Å². The number of aromatic nitrogens is 2. The second kappa shape index (κ2) is 12.4. The standard InChI is InChI=1S/C33H28N4O2/c38-32(36(29-20-10-12-22-34-29)24-26-14-4-1-5-15-26)31(28-18-8-3-9-19-28)33(39)37(30-21-11-13-23-35-30)25-27-16-6-2-7-17-27/h1-23,31H,24-25H2. The average molecular weight is 513 g/mol. The number of hydrogen-bond donors (Lipinski definition) is 0. The van der Waals surface area contributed by atoms with Gasteiger partial charge in [-0.2, -0.15) is 0 Å². The monoisotopic (exact) mass is 512 g/mol. The Morgan fingerprint density at radius 3 is 1.28 bits per heavy atom. The van der Waals surface area contributed by atoms with Crippen LogP contribution in [0.25, 0.3) is 0 Å². The van der Waals surface area contributed by atoms with Crippen molar-refractivity contribution in [3.8, 4) is 0 Å². The molecule has 39 heavy (non-hydrogen) atoms. The minimum Gasteiger partial charge on any atom is -0.291 e. The molecule has 5 aromatic rings. The number of anilines is 2. The second-order valence-electron chi connectivity index (χ2n) is 9.04. The molecule has 0 atom stereocenters. The van der Waals surface area contributed by atoms with Crippen LogP contribution in [0.15, 0.2) is 140 Å². The number of rotatable bonds is 9. The van der Waals surface area contributed by atoms with Gasteiger partial charge in [-0.15, -0.1) is 0 Å². The predicted molar refractivity (Wildman–Crippen MR) is 153 cm³/mol. The van der Waals surface area contributed by atoms with Gasteiger partial charge in [-0.1, -0.05) is 103 Å². The number of benzene rings is 3. The molecule has 3 aromatic carbocycles. The van der Waals surface area contributed by atoms with E-state index in [0.29, 0.717) is 17.2 Å². The van der Waals surface area contributed by atoms with Gasteiger partial charge in [0.25, 0.3) is 0 Å². The Morgan fingerprint density at radius 1 is 0.513 bits per heavy atom. The molecule has 5 rings (SSSR count). The maximum absolute atomic E-state index is 14.5. The number of carbonyl (C=O) groups is 2. The normalized spacial score (nSPS) is 10.7. The van der Waals surface area contributed by atoms with Crippen LogP contribution in [-0.2, 0) is 22.7 Å². The molecule has 0 fully saturated rings. The molecule has 0 aliphatic carbocycles. The predicted octanol–water partition coefficient (Wildman–Crippen LogP) is 6.03. The van der Waals surface area contributed by atoms with E-state index in [9.17, 15) is 9.59 Å². The minimum atomic E-state index is -1.11. The van der Waals surface area contributed by atoms with Gasteiger partial charge in [-0.25, -0.2) is 9.97 Å². The molecular formula is C33H28N4O2. The number of carbonyl (C=O) groups excluding carboxylic acids is 2. The molecular weight excluding hydrogens is 484 g/mol. The first-order valence-electron chi connectivity index (χ1n) is 12.8. The first-order valence-corrected chi connectivity index (χ1v) is 12.8. The van der Waals surface area contributed by atoms with E-state index in [1.807, 2.05) is 103 Å². The average Bonchev–Trinajstić information content (AvgIpc) is 3.01. The maximum atomic E-state index is 14.5. The lowest BCUT2D eigenvalue weighted by Gasteiger charge is -2.30. The molecule has 2 heterocycles. The van der Waals surface area contributed by atoms with Gasteiger partial charge in [0.15, 0.2) is 0 Å². The van der Waals surface area contributed by atoms with Crippen LogP contribution in [-0.4, -0.2) is 21.8 Å². The zero-order chi connectivity index (χ0) is 26.9. The molecule has 0 N–H and O–H groups in total. The van der Waals surface area contributed by atoms with Crippen molar-refractivity contribution >= 4 is 23.5 Å². The molecule has 6 nitrogen and oxygen atoms in total. The van der Waals surface area contributed by atoms with Crippen molar-refractivity contribution in [2.24, 2.45) is 0 Å². The van der Waals surface area contributed by atoms with Gasteiger partial charge in [0.2, 0.25) is 11.8 Å². The largest absolute Gasteiger partial charge is 0.291 e. The lowest BCUT2D eigenvalue weighted by atomic mass is 9.95. The van der Waals surface area contributed by atoms with Crippen molar-refractivity contribution in [2.75, 3.05) is 9.80 Å². The van der Waals surface area contributed by atoms with E-state index >= 15 is 0 Å². The number of hydrogen-bond acceptors (Lipinski definition) is 4. The van der Waals surface area contributed by atoms with E-state index < -0.39 is 5.92 Å². The third-order valence-corrected chi connectivity index (χ3v) is 6.38. The van der Waals surface area contributed by atoms with Gasteiger partial charge >= 0.3 is 0 Å². The van der Waals surface area contributed by atoms with Crippen LogP contribution >= 0.6 is 0 Å². The van der Waals surface area contributed by atoms with E-state index in [2.05, 4.69) is 9.97 Å². The van der Waals surface area contributed by atoms with E-state index in [0.717, 1.165) is 11.1 Å². The van der Waals surface area contributed by atoms with Crippen LogP contribution in [0.2, 0.25) is 0 Å². The summed E-state index contributed by atoms with van der Waals surface area (Å²) in [6.45, 7) is 0.547. The fourth-order valence-corrected chi connectivity index (χ4v) is 4.45. The van der Waals surface area contributed by atoms with Gasteiger partial charge < -0.3 is 0 Å². The topological polar surface area (TPSA) is 66.4 Å². The summed E-state index contributed by atoms with van der Waals surface area (Å²) >= 11 is 0. The molecule has 6 heteroatoms. The summed E-state index contributed by atoms with van der Waals surface area (Å²) < 4.78 is 0. The molecule has 0 spiro atoms. The molecule has 0 unspecified atom stereocenters. The van der Waals surface area contributed by atoms with Crippen LogP contribution in [0.3, 0.4) is 0 Å². The molecule has 0 aliphatic heterocycles. The molecule has 0 radical (unpaired) electrons. The molecule has 2 amide bonds. The smallest absolute Gasteiger partial charge is 0.245 e. The first kappa shape index (κ1) is 25.5. The van der Waals surface area contributed by atoms with Crippen LogP contribution in [0.5, 0.6) is 0 Å². The lowest BCUT2D eigenvalue weighted by molar-refractivity contribution is -0.129. The van der Waals surface area contributed by atoms with Crippen LogP contribution < -0.4 is 9.80 Å².